The Morgan fingerprint density at radius 3 is 1.98 bits per heavy atom. The van der Waals surface area contributed by atoms with Crippen LogP contribution in [0.4, 0.5) is 4.79 Å². The first-order chi connectivity index (χ1) is 20.0. The van der Waals surface area contributed by atoms with Crippen molar-refractivity contribution in [2.45, 2.75) is 48.5 Å². The van der Waals surface area contributed by atoms with Gasteiger partial charge in [0.2, 0.25) is 9.84 Å². The van der Waals surface area contributed by atoms with Gasteiger partial charge in [0, 0.05) is 6.54 Å². The number of hydrogen-bond donors (Lipinski definition) is 2. The van der Waals surface area contributed by atoms with Crippen molar-refractivity contribution < 1.29 is 32.6 Å². The molecule has 0 aliphatic rings. The number of nitrogens with one attached hydrogen (secondary N) is 1. The summed E-state index contributed by atoms with van der Waals surface area (Å²) in [4.78, 5) is 23.9. The molecule has 2 N–H and O–H groups in total. The molecule has 0 bridgehead atoms. The number of carboxylic acid groups (broad SMARTS) is 1. The van der Waals surface area contributed by atoms with Crippen LogP contribution in [-0.4, -0.2) is 37.7 Å². The largest absolute Gasteiger partial charge is 0.478 e. The first kappa shape index (κ1) is 30.3. The minimum atomic E-state index is -3.79. The van der Waals surface area contributed by atoms with Gasteiger partial charge in [-0.2, -0.15) is 0 Å². The number of ether oxygens (including phenoxy) is 2. The van der Waals surface area contributed by atoms with Gasteiger partial charge < -0.3 is 19.9 Å². The van der Waals surface area contributed by atoms with Gasteiger partial charge >= 0.3 is 12.1 Å². The van der Waals surface area contributed by atoms with Gasteiger partial charge in [0.1, 0.15) is 22.7 Å². The quantitative estimate of drug-likeness (QED) is 0.190. The summed E-state index contributed by atoms with van der Waals surface area (Å²) >= 11 is 0. The van der Waals surface area contributed by atoms with E-state index in [1.807, 2.05) is 44.2 Å². The van der Waals surface area contributed by atoms with Crippen molar-refractivity contribution in [2.24, 2.45) is 0 Å². The van der Waals surface area contributed by atoms with Crippen LogP contribution in [0.15, 0.2) is 113 Å². The van der Waals surface area contributed by atoms with Crippen LogP contribution in [0.1, 0.15) is 41.8 Å². The third-order valence-corrected chi connectivity index (χ3v) is 8.41. The van der Waals surface area contributed by atoms with Crippen molar-refractivity contribution in [3.8, 4) is 11.5 Å². The molecule has 4 aromatic carbocycles. The number of hydrogen-bond acceptors (Lipinski definition) is 6. The van der Waals surface area contributed by atoms with Crippen molar-refractivity contribution in [1.29, 1.82) is 0 Å². The molecule has 0 unspecified atom stereocenters. The van der Waals surface area contributed by atoms with Crippen LogP contribution in [0.5, 0.6) is 11.5 Å². The Balaban J connectivity index is 1.28. The van der Waals surface area contributed by atoms with Gasteiger partial charge in [-0.15, -0.1) is 0 Å². The summed E-state index contributed by atoms with van der Waals surface area (Å²) in [5.74, 6) is -0.656. The molecular weight excluding hydrogens is 554 g/mol. The number of alkyl carbamates (subject to hydrolysis) is 1. The van der Waals surface area contributed by atoms with E-state index >= 15 is 0 Å². The van der Waals surface area contributed by atoms with Crippen LogP contribution < -0.4 is 10.1 Å². The molecule has 0 saturated heterocycles. The van der Waals surface area contributed by atoms with E-state index in [9.17, 15) is 23.1 Å². The number of para-hydroxylation sites is 1. The third kappa shape index (κ3) is 8.20. The highest BCUT2D eigenvalue weighted by Gasteiger charge is 2.23. The number of carboxylic acids is 1. The second kappa shape index (κ2) is 13.4. The van der Waals surface area contributed by atoms with Crippen LogP contribution in [-0.2, 0) is 27.4 Å². The molecule has 0 spiro atoms. The summed E-state index contributed by atoms with van der Waals surface area (Å²) in [5.41, 5.74) is 1.43. The molecule has 42 heavy (non-hydrogen) atoms. The minimum Gasteiger partial charge on any atom is -0.478 e. The van der Waals surface area contributed by atoms with Crippen LogP contribution in [0, 0.1) is 0 Å². The van der Waals surface area contributed by atoms with Crippen LogP contribution >= 0.6 is 0 Å². The smallest absolute Gasteiger partial charge is 0.407 e. The highest BCUT2D eigenvalue weighted by molar-refractivity contribution is 7.91. The zero-order valence-corrected chi connectivity index (χ0v) is 24.3. The van der Waals surface area contributed by atoms with Gasteiger partial charge in [-0.25, -0.2) is 18.0 Å². The molecule has 0 saturated carbocycles. The van der Waals surface area contributed by atoms with Gasteiger partial charge in [0.15, 0.2) is 0 Å². The lowest BCUT2D eigenvalue weighted by atomic mass is 9.99. The van der Waals surface area contributed by atoms with E-state index in [1.54, 1.807) is 24.3 Å². The highest BCUT2D eigenvalue weighted by atomic mass is 32.2. The Kier molecular flexibility index (Phi) is 9.64. The molecule has 8 nitrogen and oxygen atoms in total. The second-order valence-corrected chi connectivity index (χ2v) is 12.3. The first-order valence-corrected chi connectivity index (χ1v) is 15.0. The van der Waals surface area contributed by atoms with Gasteiger partial charge in [-0.1, -0.05) is 54.6 Å². The summed E-state index contributed by atoms with van der Waals surface area (Å²) in [5, 5.41) is 12.1. The zero-order chi connectivity index (χ0) is 30.2. The molecule has 4 rings (SSSR count). The molecule has 0 aromatic heterocycles. The number of carbonyl (C=O) groups is 2. The zero-order valence-electron chi connectivity index (χ0n) is 23.4. The number of benzene rings is 4. The maximum absolute atomic E-state index is 13.1. The summed E-state index contributed by atoms with van der Waals surface area (Å²) in [6.45, 7) is 4.10. The van der Waals surface area contributed by atoms with E-state index in [0.29, 0.717) is 25.1 Å². The van der Waals surface area contributed by atoms with Crippen molar-refractivity contribution in [3.05, 3.63) is 120 Å². The monoisotopic (exact) mass is 587 g/mol. The van der Waals surface area contributed by atoms with Crippen LogP contribution in [0.3, 0.4) is 0 Å². The number of aromatic carboxylic acids is 1. The average molecular weight is 588 g/mol. The maximum Gasteiger partial charge on any atom is 0.407 e. The molecule has 218 valence electrons. The Labute approximate surface area is 245 Å². The number of aryl methyl sites for hydroxylation is 1. The minimum absolute atomic E-state index is 0.00375. The van der Waals surface area contributed by atoms with E-state index in [-0.39, 0.29) is 21.1 Å². The van der Waals surface area contributed by atoms with E-state index in [4.69, 9.17) is 9.47 Å². The third-order valence-electron chi connectivity index (χ3n) is 6.62. The normalized spacial score (nSPS) is 11.5. The number of carbonyl (C=O) groups excluding carboxylic acids is 1. The van der Waals surface area contributed by atoms with Crippen LogP contribution in [0.2, 0.25) is 0 Å². The average Bonchev–Trinajstić information content (AvgIpc) is 2.97. The fraction of sp³-hybridized carbons (Fsp3) is 0.212. The lowest BCUT2D eigenvalue weighted by Crippen LogP contribution is -2.35. The maximum atomic E-state index is 13.1. The summed E-state index contributed by atoms with van der Waals surface area (Å²) in [6, 6.07) is 28.5. The summed E-state index contributed by atoms with van der Waals surface area (Å²) in [7, 11) is -3.79. The lowest BCUT2D eigenvalue weighted by molar-refractivity contribution is 0.0331. The molecule has 4 aromatic rings. The SMILES string of the molecule is CC(C)(CCc1ccccc1)OC(=O)NCCc1ccc(S(=O)(=O)c2ccc(Oc3ccccc3C(=O)O)cc2)cc1. The molecular formula is C33H33NO7S. The van der Waals surface area contributed by atoms with E-state index in [0.717, 1.165) is 12.0 Å². The highest BCUT2D eigenvalue weighted by Crippen LogP contribution is 2.28. The molecule has 1 amide bonds. The molecule has 0 atom stereocenters. The van der Waals surface area contributed by atoms with Crippen molar-refractivity contribution >= 4 is 21.9 Å². The molecule has 0 radical (unpaired) electrons. The topological polar surface area (TPSA) is 119 Å². The fourth-order valence-corrected chi connectivity index (χ4v) is 5.52. The predicted molar refractivity (Wildman–Crippen MR) is 159 cm³/mol. The molecule has 0 heterocycles. The number of rotatable bonds is 12. The van der Waals surface area contributed by atoms with Gasteiger partial charge in [-0.05, 0) is 92.8 Å². The number of amides is 1. The van der Waals surface area contributed by atoms with Gasteiger partial charge in [0.25, 0.3) is 0 Å². The Bertz CT molecular complexity index is 1620. The van der Waals surface area contributed by atoms with E-state index in [2.05, 4.69) is 5.32 Å². The fourth-order valence-electron chi connectivity index (χ4n) is 4.25. The molecule has 0 aliphatic carbocycles. The lowest BCUT2D eigenvalue weighted by Gasteiger charge is -2.25. The van der Waals surface area contributed by atoms with Gasteiger partial charge in [0.05, 0.1) is 9.79 Å². The van der Waals surface area contributed by atoms with E-state index < -0.39 is 27.5 Å². The molecule has 9 heteroatoms. The number of sulfone groups is 1. The van der Waals surface area contributed by atoms with Crippen molar-refractivity contribution in [2.75, 3.05) is 6.54 Å². The second-order valence-electron chi connectivity index (χ2n) is 10.3. The predicted octanol–water partition coefficient (Wildman–Crippen LogP) is 6.69. The Morgan fingerprint density at radius 1 is 0.762 bits per heavy atom. The summed E-state index contributed by atoms with van der Waals surface area (Å²) < 4.78 is 37.6. The van der Waals surface area contributed by atoms with E-state index in [1.165, 1.54) is 54.1 Å². The standard InChI is InChI=1S/C33H33NO7S/c1-33(2,22-20-24-8-4-3-5-9-24)41-32(37)34-23-21-25-12-16-27(17-13-25)42(38,39)28-18-14-26(15-19-28)40-30-11-7-6-10-29(30)31(35)36/h3-19H,20-23H2,1-2H3,(H,34,37)(H,35,36). The molecule has 0 fully saturated rings. The van der Waals surface area contributed by atoms with Crippen LogP contribution in [0.25, 0.3) is 0 Å². The van der Waals surface area contributed by atoms with Crippen molar-refractivity contribution in [3.63, 3.8) is 0 Å². The Morgan fingerprint density at radius 2 is 1.33 bits per heavy atom. The molecule has 0 aliphatic heterocycles. The van der Waals surface area contributed by atoms with Gasteiger partial charge in [-0.3, -0.25) is 0 Å². The first-order valence-electron chi connectivity index (χ1n) is 13.5. The Hall–Kier alpha value is -4.63. The van der Waals surface area contributed by atoms with Crippen molar-refractivity contribution in [1.82, 2.24) is 5.32 Å². The summed E-state index contributed by atoms with van der Waals surface area (Å²) in [6.07, 6.45) is 1.50.